The Labute approximate surface area is 159 Å². The standard InChI is InChI=1S/C17H10ClF4NO5/c1-16(15(25)26)14(24)23-11-3-2-8(6-12(11)28-16)27-13-9(18)4-7(5-10(13)19)17(20,21)22/h2-6H,1H3,(H,23,24)(H,25,26). The van der Waals surface area contributed by atoms with Crippen LogP contribution in [0.3, 0.4) is 0 Å². The summed E-state index contributed by atoms with van der Waals surface area (Å²) in [5.74, 6) is -4.65. The third-order valence-electron chi connectivity index (χ3n) is 3.90. The van der Waals surface area contributed by atoms with Crippen LogP contribution in [0.25, 0.3) is 0 Å². The lowest BCUT2D eigenvalue weighted by molar-refractivity contribution is -0.159. The number of hydrogen-bond donors (Lipinski definition) is 2. The zero-order valence-corrected chi connectivity index (χ0v) is 14.6. The Morgan fingerprint density at radius 2 is 1.96 bits per heavy atom. The Hall–Kier alpha value is -3.01. The van der Waals surface area contributed by atoms with Gasteiger partial charge in [-0.05, 0) is 31.2 Å². The minimum Gasteiger partial charge on any atom is -0.478 e. The molecule has 2 aromatic carbocycles. The van der Waals surface area contributed by atoms with Crippen LogP contribution in [0.4, 0.5) is 23.2 Å². The number of aliphatic carboxylic acids is 1. The van der Waals surface area contributed by atoms with Gasteiger partial charge in [-0.3, -0.25) is 4.79 Å². The van der Waals surface area contributed by atoms with E-state index in [9.17, 15) is 32.3 Å². The van der Waals surface area contributed by atoms with Crippen molar-refractivity contribution in [3.8, 4) is 17.2 Å². The largest absolute Gasteiger partial charge is 0.478 e. The maximum Gasteiger partial charge on any atom is 0.416 e. The lowest BCUT2D eigenvalue weighted by Crippen LogP contribution is -2.54. The van der Waals surface area contributed by atoms with Gasteiger partial charge in [0, 0.05) is 6.07 Å². The van der Waals surface area contributed by atoms with E-state index in [1.807, 2.05) is 0 Å². The first-order valence-electron chi connectivity index (χ1n) is 7.54. The van der Waals surface area contributed by atoms with Crippen LogP contribution in [0.5, 0.6) is 17.2 Å². The molecule has 0 saturated heterocycles. The number of ether oxygens (including phenoxy) is 2. The lowest BCUT2D eigenvalue weighted by atomic mass is 10.0. The highest BCUT2D eigenvalue weighted by Crippen LogP contribution is 2.41. The summed E-state index contributed by atoms with van der Waals surface area (Å²) in [5, 5.41) is 10.9. The van der Waals surface area contributed by atoms with Gasteiger partial charge in [0.05, 0.1) is 16.3 Å². The summed E-state index contributed by atoms with van der Waals surface area (Å²) < 4.78 is 62.6. The van der Waals surface area contributed by atoms with Crippen molar-refractivity contribution in [3.05, 3.63) is 46.7 Å². The van der Waals surface area contributed by atoms with Gasteiger partial charge in [0.2, 0.25) is 0 Å². The van der Waals surface area contributed by atoms with Crippen LogP contribution in [0, 0.1) is 5.82 Å². The maximum atomic E-state index is 14.1. The van der Waals surface area contributed by atoms with Gasteiger partial charge < -0.3 is 19.9 Å². The van der Waals surface area contributed by atoms with E-state index in [-0.39, 0.29) is 23.3 Å². The van der Waals surface area contributed by atoms with Crippen molar-refractivity contribution in [1.82, 2.24) is 0 Å². The number of alkyl halides is 3. The lowest BCUT2D eigenvalue weighted by Gasteiger charge is -2.31. The van der Waals surface area contributed by atoms with Crippen LogP contribution in [0.15, 0.2) is 30.3 Å². The number of carboxylic acid groups (broad SMARTS) is 1. The molecule has 0 spiro atoms. The number of fused-ring (bicyclic) bond motifs is 1. The number of carbonyl (C=O) groups excluding carboxylic acids is 1. The van der Waals surface area contributed by atoms with Crippen LogP contribution in [0.1, 0.15) is 12.5 Å². The second-order valence-electron chi connectivity index (χ2n) is 5.92. The van der Waals surface area contributed by atoms with E-state index in [4.69, 9.17) is 21.1 Å². The molecule has 2 N–H and O–H groups in total. The number of carbonyl (C=O) groups is 2. The monoisotopic (exact) mass is 419 g/mol. The molecule has 0 radical (unpaired) electrons. The predicted octanol–water partition coefficient (Wildman–Crippen LogP) is 4.46. The summed E-state index contributed by atoms with van der Waals surface area (Å²) in [5.41, 5.74) is -3.35. The summed E-state index contributed by atoms with van der Waals surface area (Å²) in [6.07, 6.45) is -4.79. The Kier molecular flexibility index (Phi) is 4.62. The molecule has 0 bridgehead atoms. The number of carboxylic acids is 1. The SMILES string of the molecule is CC1(C(=O)O)Oc2cc(Oc3c(F)cc(C(F)(F)F)cc3Cl)ccc2NC1=O. The first-order valence-corrected chi connectivity index (χ1v) is 7.91. The highest BCUT2D eigenvalue weighted by Gasteiger charge is 2.47. The zero-order valence-electron chi connectivity index (χ0n) is 13.9. The van der Waals surface area contributed by atoms with Crippen molar-refractivity contribution in [2.75, 3.05) is 5.32 Å². The third-order valence-corrected chi connectivity index (χ3v) is 4.18. The van der Waals surface area contributed by atoms with Crippen LogP contribution in [-0.4, -0.2) is 22.6 Å². The Balaban J connectivity index is 1.94. The molecule has 2 aromatic rings. The Morgan fingerprint density at radius 1 is 1.29 bits per heavy atom. The molecule has 148 valence electrons. The molecule has 6 nitrogen and oxygen atoms in total. The molecule has 28 heavy (non-hydrogen) atoms. The van der Waals surface area contributed by atoms with Gasteiger partial charge in [-0.2, -0.15) is 13.2 Å². The average molecular weight is 420 g/mol. The number of anilines is 1. The summed E-state index contributed by atoms with van der Waals surface area (Å²) in [4.78, 5) is 23.2. The van der Waals surface area contributed by atoms with Gasteiger partial charge >= 0.3 is 12.1 Å². The molecule has 1 heterocycles. The molecule has 0 aliphatic carbocycles. The summed E-state index contributed by atoms with van der Waals surface area (Å²) in [6.45, 7) is 1.04. The quantitative estimate of drug-likeness (QED) is 0.566. The van der Waals surface area contributed by atoms with E-state index in [0.29, 0.717) is 6.07 Å². The molecule has 1 aliphatic rings. The van der Waals surface area contributed by atoms with E-state index < -0.39 is 45.8 Å². The smallest absolute Gasteiger partial charge is 0.416 e. The van der Waals surface area contributed by atoms with Crippen LogP contribution in [-0.2, 0) is 15.8 Å². The zero-order chi connectivity index (χ0) is 20.9. The van der Waals surface area contributed by atoms with E-state index in [1.54, 1.807) is 0 Å². The number of rotatable bonds is 3. The first kappa shape index (κ1) is 19.7. The molecular formula is C17H10ClF4NO5. The molecule has 0 saturated carbocycles. The van der Waals surface area contributed by atoms with Crippen molar-refractivity contribution in [2.45, 2.75) is 18.7 Å². The van der Waals surface area contributed by atoms with Crippen molar-refractivity contribution in [2.24, 2.45) is 0 Å². The molecule has 0 aromatic heterocycles. The molecule has 0 fully saturated rings. The van der Waals surface area contributed by atoms with Gasteiger partial charge in [-0.25, -0.2) is 9.18 Å². The topological polar surface area (TPSA) is 84.9 Å². The average Bonchev–Trinajstić information content (AvgIpc) is 2.58. The van der Waals surface area contributed by atoms with Crippen molar-refractivity contribution < 1.29 is 41.7 Å². The van der Waals surface area contributed by atoms with Gasteiger partial charge in [0.15, 0.2) is 11.6 Å². The second kappa shape index (κ2) is 6.55. The van der Waals surface area contributed by atoms with Gasteiger partial charge in [-0.15, -0.1) is 0 Å². The maximum absolute atomic E-state index is 14.1. The number of halogens is 5. The first-order chi connectivity index (χ1) is 12.9. The van der Waals surface area contributed by atoms with Gasteiger partial charge in [0.25, 0.3) is 11.5 Å². The van der Waals surface area contributed by atoms with Gasteiger partial charge in [-0.1, -0.05) is 11.6 Å². The summed E-state index contributed by atoms with van der Waals surface area (Å²) in [6, 6.07) is 4.44. The number of amides is 1. The molecule has 1 unspecified atom stereocenters. The van der Waals surface area contributed by atoms with Crippen LogP contribution >= 0.6 is 11.6 Å². The fourth-order valence-electron chi connectivity index (χ4n) is 2.34. The van der Waals surface area contributed by atoms with E-state index in [2.05, 4.69) is 5.32 Å². The van der Waals surface area contributed by atoms with Crippen LogP contribution < -0.4 is 14.8 Å². The second-order valence-corrected chi connectivity index (χ2v) is 6.33. The normalized spacial score (nSPS) is 18.7. The fraction of sp³-hybridized carbons (Fsp3) is 0.176. The highest BCUT2D eigenvalue weighted by molar-refractivity contribution is 6.32. The Morgan fingerprint density at radius 3 is 2.54 bits per heavy atom. The molecule has 1 atom stereocenters. The molecule has 11 heteroatoms. The third kappa shape index (κ3) is 3.42. The van der Waals surface area contributed by atoms with E-state index >= 15 is 0 Å². The van der Waals surface area contributed by atoms with Crippen LogP contribution in [0.2, 0.25) is 5.02 Å². The van der Waals surface area contributed by atoms with E-state index in [1.165, 1.54) is 12.1 Å². The Bertz CT molecular complexity index is 971. The number of nitrogens with one attached hydrogen (secondary N) is 1. The van der Waals surface area contributed by atoms with Gasteiger partial charge in [0.1, 0.15) is 11.5 Å². The van der Waals surface area contributed by atoms with E-state index in [0.717, 1.165) is 13.0 Å². The number of hydrogen-bond acceptors (Lipinski definition) is 4. The highest BCUT2D eigenvalue weighted by atomic mass is 35.5. The summed E-state index contributed by atoms with van der Waals surface area (Å²) >= 11 is 5.71. The molecule has 1 aliphatic heterocycles. The molecular weight excluding hydrogens is 410 g/mol. The minimum absolute atomic E-state index is 0.0922. The fourth-order valence-corrected chi connectivity index (χ4v) is 2.59. The summed E-state index contributed by atoms with van der Waals surface area (Å²) in [7, 11) is 0. The molecule has 1 amide bonds. The number of benzene rings is 2. The molecule has 3 rings (SSSR count). The minimum atomic E-state index is -4.79. The van der Waals surface area contributed by atoms with Crippen molar-refractivity contribution >= 4 is 29.2 Å². The van der Waals surface area contributed by atoms with Crippen molar-refractivity contribution in [3.63, 3.8) is 0 Å². The predicted molar refractivity (Wildman–Crippen MR) is 88.2 cm³/mol. The van der Waals surface area contributed by atoms with Crippen molar-refractivity contribution in [1.29, 1.82) is 0 Å².